The molecule has 1 rings (SSSR count). The topological polar surface area (TPSA) is 80.7 Å². The highest BCUT2D eigenvalue weighted by Crippen LogP contribution is 2.13. The van der Waals surface area contributed by atoms with Crippen molar-refractivity contribution < 1.29 is 23.1 Å². The number of carbonyl (C=O) groups is 1. The minimum atomic E-state index is -3.43. The lowest BCUT2D eigenvalue weighted by Crippen LogP contribution is -2.17. The summed E-state index contributed by atoms with van der Waals surface area (Å²) >= 11 is 0. The predicted molar refractivity (Wildman–Crippen MR) is 75.8 cm³/mol. The van der Waals surface area contributed by atoms with Gasteiger partial charge in [-0.1, -0.05) is 13.3 Å². The van der Waals surface area contributed by atoms with Gasteiger partial charge in [-0.25, -0.2) is 13.2 Å². The van der Waals surface area contributed by atoms with Gasteiger partial charge in [-0.3, -0.25) is 0 Å². The molecule has 6 heteroatoms. The Morgan fingerprint density at radius 2 is 1.90 bits per heavy atom. The van der Waals surface area contributed by atoms with Crippen LogP contribution in [0, 0.1) is 0 Å². The van der Waals surface area contributed by atoms with Crippen molar-refractivity contribution in [3.05, 3.63) is 29.8 Å². The van der Waals surface area contributed by atoms with E-state index in [1.54, 1.807) is 0 Å². The Labute approximate surface area is 119 Å². The molecular formula is C14H20O5S. The van der Waals surface area contributed by atoms with Crippen molar-refractivity contribution in [3.8, 4) is 0 Å². The van der Waals surface area contributed by atoms with Crippen LogP contribution in [0.2, 0.25) is 0 Å². The minimum Gasteiger partial charge on any atom is -0.478 e. The van der Waals surface area contributed by atoms with E-state index >= 15 is 0 Å². The quantitative estimate of drug-likeness (QED) is 0.797. The van der Waals surface area contributed by atoms with Crippen LogP contribution in [0.5, 0.6) is 0 Å². The van der Waals surface area contributed by atoms with Crippen LogP contribution in [0.3, 0.4) is 0 Å². The number of hydrogen-bond acceptors (Lipinski definition) is 4. The van der Waals surface area contributed by atoms with E-state index < -0.39 is 15.8 Å². The lowest BCUT2D eigenvalue weighted by Gasteiger charge is -2.12. The standard InChI is InChI=1S/C14H20O5S/c1-3-4-11(2)19-9-10-20(17,18)13-7-5-12(6-8-13)14(15)16/h5-8,11H,3-4,9-10H2,1-2H3,(H,15,16). The number of rotatable bonds is 8. The molecule has 5 nitrogen and oxygen atoms in total. The molecule has 1 unspecified atom stereocenters. The monoisotopic (exact) mass is 300 g/mol. The van der Waals surface area contributed by atoms with Gasteiger partial charge in [0.05, 0.1) is 28.9 Å². The number of aromatic carboxylic acids is 1. The molecule has 0 bridgehead atoms. The molecule has 20 heavy (non-hydrogen) atoms. The SMILES string of the molecule is CCCC(C)OCCS(=O)(=O)c1ccc(C(=O)O)cc1. The fourth-order valence-electron chi connectivity index (χ4n) is 1.77. The van der Waals surface area contributed by atoms with Gasteiger partial charge in [-0.15, -0.1) is 0 Å². The van der Waals surface area contributed by atoms with Crippen molar-refractivity contribution in [2.75, 3.05) is 12.4 Å². The van der Waals surface area contributed by atoms with Gasteiger partial charge < -0.3 is 9.84 Å². The Hall–Kier alpha value is -1.40. The molecular weight excluding hydrogens is 280 g/mol. The summed E-state index contributed by atoms with van der Waals surface area (Å²) in [4.78, 5) is 10.8. The second kappa shape index (κ2) is 7.40. The summed E-state index contributed by atoms with van der Waals surface area (Å²) < 4.78 is 29.5. The summed E-state index contributed by atoms with van der Waals surface area (Å²) in [5.74, 6) is -1.18. The lowest BCUT2D eigenvalue weighted by atomic mass is 10.2. The Bertz CT molecular complexity index is 533. The van der Waals surface area contributed by atoms with E-state index in [-0.39, 0.29) is 28.9 Å². The van der Waals surface area contributed by atoms with Crippen LogP contribution in [-0.4, -0.2) is 38.0 Å². The summed E-state index contributed by atoms with van der Waals surface area (Å²) in [5, 5.41) is 8.76. The summed E-state index contributed by atoms with van der Waals surface area (Å²) in [5.41, 5.74) is 0.0665. The van der Waals surface area contributed by atoms with Gasteiger partial charge in [-0.05, 0) is 37.6 Å². The van der Waals surface area contributed by atoms with E-state index in [2.05, 4.69) is 0 Å². The van der Waals surface area contributed by atoms with Gasteiger partial charge in [0.1, 0.15) is 0 Å². The Morgan fingerprint density at radius 3 is 2.40 bits per heavy atom. The van der Waals surface area contributed by atoms with Gasteiger partial charge >= 0.3 is 5.97 Å². The van der Waals surface area contributed by atoms with Crippen LogP contribution < -0.4 is 0 Å². The summed E-state index contributed by atoms with van der Waals surface area (Å²) in [6.07, 6.45) is 1.93. The second-order valence-corrected chi connectivity index (χ2v) is 6.73. The van der Waals surface area contributed by atoms with Crippen molar-refractivity contribution >= 4 is 15.8 Å². The molecule has 0 heterocycles. The van der Waals surface area contributed by atoms with Crippen LogP contribution in [0.15, 0.2) is 29.2 Å². The van der Waals surface area contributed by atoms with Crippen LogP contribution in [0.4, 0.5) is 0 Å². The summed E-state index contributed by atoms with van der Waals surface area (Å²) in [7, 11) is -3.43. The molecule has 0 saturated heterocycles. The lowest BCUT2D eigenvalue weighted by molar-refractivity contribution is 0.0694. The molecule has 1 N–H and O–H groups in total. The molecule has 0 radical (unpaired) electrons. The van der Waals surface area contributed by atoms with Crippen LogP contribution in [0.1, 0.15) is 37.0 Å². The zero-order chi connectivity index (χ0) is 15.2. The van der Waals surface area contributed by atoms with Gasteiger partial charge in [0.25, 0.3) is 0 Å². The van der Waals surface area contributed by atoms with E-state index in [0.29, 0.717) is 0 Å². The fourth-order valence-corrected chi connectivity index (χ4v) is 2.87. The third-order valence-corrected chi connectivity index (χ3v) is 4.60. The predicted octanol–water partition coefficient (Wildman–Crippen LogP) is 2.36. The third-order valence-electron chi connectivity index (χ3n) is 2.91. The first-order chi connectivity index (χ1) is 9.36. The molecule has 0 fully saturated rings. The number of ether oxygens (including phenoxy) is 1. The van der Waals surface area contributed by atoms with Gasteiger partial charge in [0.15, 0.2) is 9.84 Å². The van der Waals surface area contributed by atoms with E-state index in [4.69, 9.17) is 9.84 Å². The highest BCUT2D eigenvalue weighted by molar-refractivity contribution is 7.91. The van der Waals surface area contributed by atoms with Crippen molar-refractivity contribution in [1.29, 1.82) is 0 Å². The number of carboxylic acids is 1. The Morgan fingerprint density at radius 1 is 1.30 bits per heavy atom. The first kappa shape index (κ1) is 16.7. The van der Waals surface area contributed by atoms with Crippen LogP contribution in [0.25, 0.3) is 0 Å². The molecule has 112 valence electrons. The summed E-state index contributed by atoms with van der Waals surface area (Å²) in [6, 6.07) is 5.20. The van der Waals surface area contributed by atoms with Gasteiger partial charge in [0.2, 0.25) is 0 Å². The van der Waals surface area contributed by atoms with E-state index in [9.17, 15) is 13.2 Å². The van der Waals surface area contributed by atoms with Gasteiger partial charge in [0, 0.05) is 0 Å². The van der Waals surface area contributed by atoms with Crippen LogP contribution in [-0.2, 0) is 14.6 Å². The van der Waals surface area contributed by atoms with E-state index in [0.717, 1.165) is 12.8 Å². The maximum atomic E-state index is 12.0. The zero-order valence-electron chi connectivity index (χ0n) is 11.7. The van der Waals surface area contributed by atoms with Crippen molar-refractivity contribution in [2.45, 2.75) is 37.7 Å². The molecule has 0 amide bonds. The molecule has 0 aliphatic rings. The Balaban J connectivity index is 2.62. The van der Waals surface area contributed by atoms with Crippen LogP contribution >= 0.6 is 0 Å². The molecule has 0 saturated carbocycles. The molecule has 1 aromatic rings. The number of sulfone groups is 1. The maximum absolute atomic E-state index is 12.0. The first-order valence-electron chi connectivity index (χ1n) is 6.54. The fraction of sp³-hybridized carbons (Fsp3) is 0.500. The smallest absolute Gasteiger partial charge is 0.335 e. The number of carboxylic acid groups (broad SMARTS) is 1. The third kappa shape index (κ3) is 4.94. The van der Waals surface area contributed by atoms with E-state index in [1.165, 1.54) is 24.3 Å². The second-order valence-electron chi connectivity index (χ2n) is 4.62. The van der Waals surface area contributed by atoms with Crippen molar-refractivity contribution in [3.63, 3.8) is 0 Å². The first-order valence-corrected chi connectivity index (χ1v) is 8.19. The average molecular weight is 300 g/mol. The normalized spacial score (nSPS) is 13.1. The Kier molecular flexibility index (Phi) is 6.16. The molecule has 1 atom stereocenters. The van der Waals surface area contributed by atoms with E-state index in [1.807, 2.05) is 13.8 Å². The van der Waals surface area contributed by atoms with Crippen molar-refractivity contribution in [2.24, 2.45) is 0 Å². The van der Waals surface area contributed by atoms with Gasteiger partial charge in [-0.2, -0.15) is 0 Å². The zero-order valence-corrected chi connectivity index (χ0v) is 12.5. The average Bonchev–Trinajstić information content (AvgIpc) is 2.39. The van der Waals surface area contributed by atoms with Crippen molar-refractivity contribution in [1.82, 2.24) is 0 Å². The molecule has 0 aliphatic carbocycles. The molecule has 1 aromatic carbocycles. The molecule has 0 spiro atoms. The number of benzene rings is 1. The molecule has 0 aliphatic heterocycles. The maximum Gasteiger partial charge on any atom is 0.335 e. The highest BCUT2D eigenvalue weighted by atomic mass is 32.2. The molecule has 0 aromatic heterocycles. The highest BCUT2D eigenvalue weighted by Gasteiger charge is 2.15. The minimum absolute atomic E-state index is 0.0459. The number of hydrogen-bond donors (Lipinski definition) is 1. The largest absolute Gasteiger partial charge is 0.478 e. The summed E-state index contributed by atoms with van der Waals surface area (Å²) in [6.45, 7) is 4.10.